The fraction of sp³-hybridized carbons (Fsp3) is 0.400. The number of anilines is 1. The molecule has 1 saturated heterocycles. The first-order valence-electron chi connectivity index (χ1n) is 6.97. The smallest absolute Gasteiger partial charge is 0.325 e. The van der Waals surface area contributed by atoms with Crippen LogP contribution in [-0.4, -0.2) is 35.3 Å². The Morgan fingerprint density at radius 1 is 1.41 bits per heavy atom. The average Bonchev–Trinajstić information content (AvgIpc) is 2.71. The third-order valence-corrected chi connectivity index (χ3v) is 3.73. The van der Waals surface area contributed by atoms with Gasteiger partial charge < -0.3 is 10.6 Å². The summed E-state index contributed by atoms with van der Waals surface area (Å²) in [5.41, 5.74) is 1.40. The Balaban J connectivity index is 2.05. The second kappa shape index (κ2) is 6.36. The van der Waals surface area contributed by atoms with E-state index in [1.54, 1.807) is 18.2 Å². The molecule has 2 rings (SSSR count). The molecule has 1 fully saturated rings. The third-order valence-electron chi connectivity index (χ3n) is 3.50. The number of halogens is 1. The van der Waals surface area contributed by atoms with Crippen molar-refractivity contribution in [3.8, 4) is 0 Å². The molecule has 118 valence electrons. The summed E-state index contributed by atoms with van der Waals surface area (Å²) in [7, 11) is 0. The van der Waals surface area contributed by atoms with E-state index >= 15 is 0 Å². The lowest BCUT2D eigenvalue weighted by atomic mass is 10.1. The zero-order chi connectivity index (χ0) is 16.4. The van der Waals surface area contributed by atoms with Gasteiger partial charge in [0.1, 0.15) is 12.6 Å². The number of amides is 4. The van der Waals surface area contributed by atoms with Gasteiger partial charge in [-0.3, -0.25) is 14.5 Å². The molecule has 4 amide bonds. The molecule has 1 atom stereocenters. The quantitative estimate of drug-likeness (QED) is 0.833. The summed E-state index contributed by atoms with van der Waals surface area (Å²) >= 11 is 5.89. The number of nitrogens with one attached hydrogen (secondary N) is 2. The summed E-state index contributed by atoms with van der Waals surface area (Å²) in [6.07, 6.45) is 0. The first-order valence-corrected chi connectivity index (χ1v) is 7.35. The maximum absolute atomic E-state index is 12.1. The summed E-state index contributed by atoms with van der Waals surface area (Å²) in [5.74, 6) is -0.851. The van der Waals surface area contributed by atoms with Crippen LogP contribution in [0, 0.1) is 12.8 Å². The van der Waals surface area contributed by atoms with Crippen LogP contribution in [0.15, 0.2) is 18.2 Å². The number of urea groups is 1. The second-order valence-electron chi connectivity index (χ2n) is 5.60. The molecule has 1 aromatic rings. The van der Waals surface area contributed by atoms with Crippen LogP contribution in [-0.2, 0) is 9.59 Å². The van der Waals surface area contributed by atoms with Crippen molar-refractivity contribution in [2.75, 3.05) is 11.9 Å². The predicted molar refractivity (Wildman–Crippen MR) is 83.7 cm³/mol. The van der Waals surface area contributed by atoms with Crippen LogP contribution in [0.3, 0.4) is 0 Å². The van der Waals surface area contributed by atoms with Gasteiger partial charge in [0.05, 0.1) is 0 Å². The van der Waals surface area contributed by atoms with Crippen LogP contribution in [0.2, 0.25) is 5.02 Å². The highest BCUT2D eigenvalue weighted by Crippen LogP contribution is 2.20. The Kier molecular flexibility index (Phi) is 4.71. The van der Waals surface area contributed by atoms with Crippen molar-refractivity contribution in [2.45, 2.75) is 26.8 Å². The summed E-state index contributed by atoms with van der Waals surface area (Å²) in [6, 6.07) is 4.00. The number of rotatable bonds is 4. The van der Waals surface area contributed by atoms with Gasteiger partial charge in [0, 0.05) is 10.7 Å². The Morgan fingerprint density at radius 2 is 2.09 bits per heavy atom. The van der Waals surface area contributed by atoms with Crippen molar-refractivity contribution in [1.29, 1.82) is 0 Å². The van der Waals surface area contributed by atoms with Crippen molar-refractivity contribution >= 4 is 35.1 Å². The summed E-state index contributed by atoms with van der Waals surface area (Å²) in [5, 5.41) is 5.74. The molecule has 0 aliphatic carbocycles. The van der Waals surface area contributed by atoms with Crippen molar-refractivity contribution in [3.05, 3.63) is 28.8 Å². The van der Waals surface area contributed by atoms with E-state index in [2.05, 4.69) is 10.6 Å². The molecule has 0 radical (unpaired) electrons. The van der Waals surface area contributed by atoms with E-state index in [0.717, 1.165) is 10.5 Å². The molecule has 1 aliphatic rings. The molecule has 0 bridgehead atoms. The SMILES string of the molecule is Cc1ccc(Cl)cc1NC(=O)CN1C(=O)NC(C(C)C)C1=O. The topological polar surface area (TPSA) is 78.5 Å². The molecule has 0 aromatic heterocycles. The Hall–Kier alpha value is -2.08. The van der Waals surface area contributed by atoms with Crippen LogP contribution in [0.5, 0.6) is 0 Å². The number of benzene rings is 1. The highest BCUT2D eigenvalue weighted by Gasteiger charge is 2.40. The molecule has 2 N–H and O–H groups in total. The molecule has 6 nitrogen and oxygen atoms in total. The van der Waals surface area contributed by atoms with Crippen molar-refractivity contribution < 1.29 is 14.4 Å². The van der Waals surface area contributed by atoms with E-state index < -0.39 is 18.0 Å². The maximum atomic E-state index is 12.1. The highest BCUT2D eigenvalue weighted by atomic mass is 35.5. The molecule has 22 heavy (non-hydrogen) atoms. The lowest BCUT2D eigenvalue weighted by molar-refractivity contribution is -0.131. The first kappa shape index (κ1) is 16.3. The average molecular weight is 324 g/mol. The van der Waals surface area contributed by atoms with Crippen LogP contribution in [0.25, 0.3) is 0 Å². The second-order valence-corrected chi connectivity index (χ2v) is 6.04. The molecule has 1 unspecified atom stereocenters. The highest BCUT2D eigenvalue weighted by molar-refractivity contribution is 6.31. The van der Waals surface area contributed by atoms with Gasteiger partial charge in [-0.25, -0.2) is 4.79 Å². The minimum Gasteiger partial charge on any atom is -0.326 e. The monoisotopic (exact) mass is 323 g/mol. The standard InChI is InChI=1S/C15H18ClN3O3/c1-8(2)13-14(21)19(15(22)18-13)7-12(20)17-11-6-10(16)5-4-9(11)3/h4-6,8,13H,7H2,1-3H3,(H,17,20)(H,18,22). The van der Waals surface area contributed by atoms with Gasteiger partial charge in [-0.1, -0.05) is 31.5 Å². The van der Waals surface area contributed by atoms with E-state index in [0.29, 0.717) is 10.7 Å². The van der Waals surface area contributed by atoms with Crippen LogP contribution < -0.4 is 10.6 Å². The van der Waals surface area contributed by atoms with E-state index in [4.69, 9.17) is 11.6 Å². The van der Waals surface area contributed by atoms with Gasteiger partial charge in [0.2, 0.25) is 5.91 Å². The Labute approximate surface area is 133 Å². The molecule has 0 spiro atoms. The lowest BCUT2D eigenvalue weighted by Gasteiger charge is -2.15. The molecular formula is C15H18ClN3O3. The van der Waals surface area contributed by atoms with E-state index in [9.17, 15) is 14.4 Å². The number of hydrogen-bond acceptors (Lipinski definition) is 3. The van der Waals surface area contributed by atoms with Gasteiger partial charge in [-0.15, -0.1) is 0 Å². The van der Waals surface area contributed by atoms with Crippen LogP contribution >= 0.6 is 11.6 Å². The third kappa shape index (κ3) is 3.39. The van der Waals surface area contributed by atoms with Gasteiger partial charge >= 0.3 is 6.03 Å². The van der Waals surface area contributed by atoms with E-state index in [1.165, 1.54) is 0 Å². The number of nitrogens with zero attached hydrogens (tertiary/aromatic N) is 1. The zero-order valence-electron chi connectivity index (χ0n) is 12.6. The molecular weight excluding hydrogens is 306 g/mol. The van der Waals surface area contributed by atoms with E-state index in [-0.39, 0.29) is 18.4 Å². The number of carbonyl (C=O) groups is 3. The number of imide groups is 1. The molecule has 1 aliphatic heterocycles. The fourth-order valence-corrected chi connectivity index (χ4v) is 2.38. The summed E-state index contributed by atoms with van der Waals surface area (Å²) < 4.78 is 0. The summed E-state index contributed by atoms with van der Waals surface area (Å²) in [6.45, 7) is 5.18. The largest absolute Gasteiger partial charge is 0.326 e. The maximum Gasteiger partial charge on any atom is 0.325 e. The molecule has 1 heterocycles. The fourth-order valence-electron chi connectivity index (χ4n) is 2.20. The van der Waals surface area contributed by atoms with Crippen LogP contribution in [0.1, 0.15) is 19.4 Å². The Morgan fingerprint density at radius 3 is 2.68 bits per heavy atom. The predicted octanol–water partition coefficient (Wildman–Crippen LogP) is 2.16. The van der Waals surface area contributed by atoms with Gasteiger partial charge in [-0.2, -0.15) is 0 Å². The van der Waals surface area contributed by atoms with Crippen LogP contribution in [0.4, 0.5) is 10.5 Å². The molecule has 7 heteroatoms. The number of aryl methyl sites for hydroxylation is 1. The minimum absolute atomic E-state index is 0.0281. The van der Waals surface area contributed by atoms with Crippen molar-refractivity contribution in [2.24, 2.45) is 5.92 Å². The number of carbonyl (C=O) groups excluding carboxylic acids is 3. The zero-order valence-corrected chi connectivity index (χ0v) is 13.4. The Bertz CT molecular complexity index is 630. The van der Waals surface area contributed by atoms with Gasteiger partial charge in [0.15, 0.2) is 0 Å². The van der Waals surface area contributed by atoms with E-state index in [1.807, 2.05) is 20.8 Å². The minimum atomic E-state index is -0.576. The first-order chi connectivity index (χ1) is 10.3. The molecule has 1 aromatic carbocycles. The lowest BCUT2D eigenvalue weighted by Crippen LogP contribution is -2.39. The van der Waals surface area contributed by atoms with Gasteiger partial charge in [-0.05, 0) is 30.5 Å². The van der Waals surface area contributed by atoms with Crippen molar-refractivity contribution in [1.82, 2.24) is 10.2 Å². The summed E-state index contributed by atoms with van der Waals surface area (Å²) in [4.78, 5) is 36.9. The number of hydrogen-bond donors (Lipinski definition) is 2. The normalized spacial score (nSPS) is 17.9. The molecule has 0 saturated carbocycles. The van der Waals surface area contributed by atoms with Crippen molar-refractivity contribution in [3.63, 3.8) is 0 Å². The van der Waals surface area contributed by atoms with Gasteiger partial charge in [0.25, 0.3) is 5.91 Å².